The molecule has 0 aromatic heterocycles. The first-order valence-corrected chi connectivity index (χ1v) is 6.14. The van der Waals surface area contributed by atoms with Crippen molar-refractivity contribution in [2.45, 2.75) is 32.4 Å². The molecule has 1 fully saturated rings. The van der Waals surface area contributed by atoms with E-state index in [1.54, 1.807) is 0 Å². The van der Waals surface area contributed by atoms with E-state index in [0.717, 1.165) is 5.56 Å². The summed E-state index contributed by atoms with van der Waals surface area (Å²) >= 11 is 0. The van der Waals surface area contributed by atoms with Crippen LogP contribution < -0.4 is 0 Å². The summed E-state index contributed by atoms with van der Waals surface area (Å²) in [5, 5.41) is 9.25. The Morgan fingerprint density at radius 3 is 2.47 bits per heavy atom. The van der Waals surface area contributed by atoms with Crippen molar-refractivity contribution in [3.63, 3.8) is 0 Å². The molecule has 104 valence electrons. The Balaban J connectivity index is 2.28. The number of carboxylic acid groups (broad SMARTS) is 1. The Kier molecular flexibility index (Phi) is 3.34. The van der Waals surface area contributed by atoms with E-state index in [2.05, 4.69) is 0 Å². The van der Waals surface area contributed by atoms with Crippen molar-refractivity contribution in [2.75, 3.05) is 6.54 Å². The third kappa shape index (κ3) is 2.34. The molecule has 0 saturated carbocycles. The third-order valence-electron chi connectivity index (χ3n) is 3.86. The molecule has 0 radical (unpaired) electrons. The highest BCUT2D eigenvalue weighted by molar-refractivity contribution is 5.75. The zero-order valence-corrected chi connectivity index (χ0v) is 10.9. The van der Waals surface area contributed by atoms with Gasteiger partial charge in [0.25, 0.3) is 5.92 Å². The Morgan fingerprint density at radius 1 is 1.37 bits per heavy atom. The van der Waals surface area contributed by atoms with Gasteiger partial charge in [0, 0.05) is 6.54 Å². The van der Waals surface area contributed by atoms with Gasteiger partial charge in [0.15, 0.2) is 0 Å². The molecule has 0 bridgehead atoms. The molecule has 1 N–H and O–H groups in total. The van der Waals surface area contributed by atoms with Crippen molar-refractivity contribution < 1.29 is 18.7 Å². The second-order valence-electron chi connectivity index (χ2n) is 5.56. The number of aliphatic carboxylic acids is 1. The molecule has 19 heavy (non-hydrogen) atoms. The number of nitrogens with zero attached hydrogens (tertiary/aromatic N) is 1. The van der Waals surface area contributed by atoms with Crippen LogP contribution in [-0.4, -0.2) is 34.5 Å². The van der Waals surface area contributed by atoms with Gasteiger partial charge in [-0.1, -0.05) is 44.2 Å². The second-order valence-corrected chi connectivity index (χ2v) is 5.56. The van der Waals surface area contributed by atoms with Crippen LogP contribution in [0.25, 0.3) is 0 Å². The Morgan fingerprint density at radius 2 is 1.95 bits per heavy atom. The molecule has 0 aliphatic carbocycles. The SMILES string of the molecule is CC1(C)[C@@H](C(=O)O)N(Cc2ccccc2)CC1(F)F. The lowest BCUT2D eigenvalue weighted by Gasteiger charge is -2.30. The highest BCUT2D eigenvalue weighted by atomic mass is 19.3. The van der Waals surface area contributed by atoms with Crippen molar-refractivity contribution in [3.8, 4) is 0 Å². The molecular formula is C14H17F2NO2. The van der Waals surface area contributed by atoms with Gasteiger partial charge >= 0.3 is 5.97 Å². The minimum Gasteiger partial charge on any atom is -0.480 e. The fourth-order valence-electron chi connectivity index (χ4n) is 2.64. The summed E-state index contributed by atoms with van der Waals surface area (Å²) in [6.07, 6.45) is 0. The number of carboxylic acids is 1. The van der Waals surface area contributed by atoms with Crippen LogP contribution in [-0.2, 0) is 11.3 Å². The lowest BCUT2D eigenvalue weighted by atomic mass is 9.82. The summed E-state index contributed by atoms with van der Waals surface area (Å²) < 4.78 is 28.0. The molecule has 2 rings (SSSR count). The Hall–Kier alpha value is -1.49. The molecule has 3 nitrogen and oxygen atoms in total. The number of carbonyl (C=O) groups is 1. The monoisotopic (exact) mass is 269 g/mol. The van der Waals surface area contributed by atoms with Crippen LogP contribution in [0.2, 0.25) is 0 Å². The largest absolute Gasteiger partial charge is 0.480 e. The molecule has 1 aliphatic rings. The van der Waals surface area contributed by atoms with E-state index in [1.807, 2.05) is 30.3 Å². The molecule has 0 amide bonds. The highest BCUT2D eigenvalue weighted by Crippen LogP contribution is 2.48. The summed E-state index contributed by atoms with van der Waals surface area (Å²) in [5.41, 5.74) is -0.740. The molecule has 0 unspecified atom stereocenters. The quantitative estimate of drug-likeness (QED) is 0.917. The van der Waals surface area contributed by atoms with Crippen LogP contribution in [0.5, 0.6) is 0 Å². The van der Waals surface area contributed by atoms with E-state index in [1.165, 1.54) is 18.7 Å². The number of rotatable bonds is 3. The molecule has 5 heteroatoms. The van der Waals surface area contributed by atoms with Crippen LogP contribution in [0.3, 0.4) is 0 Å². The van der Waals surface area contributed by atoms with Gasteiger partial charge in [0.1, 0.15) is 6.04 Å². The van der Waals surface area contributed by atoms with Gasteiger partial charge in [-0.3, -0.25) is 9.69 Å². The van der Waals surface area contributed by atoms with Crippen LogP contribution >= 0.6 is 0 Å². The zero-order valence-electron chi connectivity index (χ0n) is 10.9. The molecule has 1 saturated heterocycles. The lowest BCUT2D eigenvalue weighted by molar-refractivity contribution is -0.149. The first-order chi connectivity index (χ1) is 8.75. The van der Waals surface area contributed by atoms with Crippen LogP contribution in [0.15, 0.2) is 30.3 Å². The van der Waals surface area contributed by atoms with Crippen LogP contribution in [0, 0.1) is 5.41 Å². The van der Waals surface area contributed by atoms with Crippen LogP contribution in [0.1, 0.15) is 19.4 Å². The molecular weight excluding hydrogens is 252 g/mol. The van der Waals surface area contributed by atoms with Gasteiger partial charge in [0.2, 0.25) is 0 Å². The van der Waals surface area contributed by atoms with Gasteiger partial charge in [-0.2, -0.15) is 0 Å². The summed E-state index contributed by atoms with van der Waals surface area (Å²) in [6, 6.07) is 7.89. The first-order valence-electron chi connectivity index (χ1n) is 6.14. The normalized spacial score (nSPS) is 25.4. The number of hydrogen-bond acceptors (Lipinski definition) is 2. The van der Waals surface area contributed by atoms with Crippen molar-refractivity contribution in [3.05, 3.63) is 35.9 Å². The topological polar surface area (TPSA) is 40.5 Å². The first kappa shape index (κ1) is 13.9. The van der Waals surface area contributed by atoms with Gasteiger partial charge in [-0.05, 0) is 5.56 Å². The predicted octanol–water partition coefficient (Wildman–Crippen LogP) is 2.62. The molecule has 1 aliphatic heterocycles. The number of likely N-dealkylation sites (tertiary alicyclic amines) is 1. The highest BCUT2D eigenvalue weighted by Gasteiger charge is 2.62. The van der Waals surface area contributed by atoms with Crippen molar-refractivity contribution in [2.24, 2.45) is 5.41 Å². The van der Waals surface area contributed by atoms with Crippen molar-refractivity contribution >= 4 is 5.97 Å². The minimum atomic E-state index is -3.01. The molecule has 0 spiro atoms. The summed E-state index contributed by atoms with van der Waals surface area (Å²) in [6.45, 7) is 2.33. The number of hydrogen-bond donors (Lipinski definition) is 1. The zero-order chi connectivity index (χ0) is 14.3. The Labute approximate surface area is 110 Å². The lowest BCUT2D eigenvalue weighted by Crippen LogP contribution is -2.45. The summed E-state index contributed by atoms with van der Waals surface area (Å²) in [4.78, 5) is 12.7. The average molecular weight is 269 g/mol. The van der Waals surface area contributed by atoms with Crippen LogP contribution in [0.4, 0.5) is 8.78 Å². The number of benzene rings is 1. The number of alkyl halides is 2. The van der Waals surface area contributed by atoms with E-state index in [-0.39, 0.29) is 6.54 Å². The number of halogens is 2. The maximum absolute atomic E-state index is 14.0. The Bertz CT molecular complexity index is 474. The average Bonchev–Trinajstić information content (AvgIpc) is 2.45. The van der Waals surface area contributed by atoms with E-state index < -0.39 is 29.9 Å². The van der Waals surface area contributed by atoms with Gasteiger partial charge < -0.3 is 5.11 Å². The van der Waals surface area contributed by atoms with Crippen molar-refractivity contribution in [1.29, 1.82) is 0 Å². The molecule has 1 atom stereocenters. The molecule has 1 aromatic carbocycles. The smallest absolute Gasteiger partial charge is 0.321 e. The van der Waals surface area contributed by atoms with Gasteiger partial charge in [-0.25, -0.2) is 8.78 Å². The van der Waals surface area contributed by atoms with Gasteiger partial charge in [0.05, 0.1) is 12.0 Å². The second kappa shape index (κ2) is 4.56. The maximum atomic E-state index is 14.0. The van der Waals surface area contributed by atoms with E-state index in [4.69, 9.17) is 0 Å². The molecule has 1 heterocycles. The van der Waals surface area contributed by atoms with E-state index >= 15 is 0 Å². The van der Waals surface area contributed by atoms with Gasteiger partial charge in [-0.15, -0.1) is 0 Å². The predicted molar refractivity (Wildman–Crippen MR) is 67.0 cm³/mol. The van der Waals surface area contributed by atoms with Crippen molar-refractivity contribution in [1.82, 2.24) is 4.90 Å². The third-order valence-corrected chi connectivity index (χ3v) is 3.86. The summed E-state index contributed by atoms with van der Waals surface area (Å²) in [7, 11) is 0. The summed E-state index contributed by atoms with van der Waals surface area (Å²) in [5.74, 6) is -4.21. The fourth-order valence-corrected chi connectivity index (χ4v) is 2.64. The standard InChI is InChI=1S/C14H17F2NO2/c1-13(2)11(12(18)19)17(9-14(13,15)16)8-10-6-4-3-5-7-10/h3-7,11H,8-9H2,1-2H3,(H,18,19)/t11-/m1/s1. The molecule has 1 aromatic rings. The van der Waals surface area contributed by atoms with E-state index in [0.29, 0.717) is 0 Å². The fraction of sp³-hybridized carbons (Fsp3) is 0.500. The maximum Gasteiger partial charge on any atom is 0.321 e. The minimum absolute atomic E-state index is 0.219. The van der Waals surface area contributed by atoms with E-state index in [9.17, 15) is 18.7 Å².